The summed E-state index contributed by atoms with van der Waals surface area (Å²) in [6.45, 7) is 2.02. The fourth-order valence-electron chi connectivity index (χ4n) is 1.96. The topological polar surface area (TPSA) is 32.3 Å². The van der Waals surface area contributed by atoms with E-state index in [1.165, 1.54) is 6.08 Å². The zero-order valence-corrected chi connectivity index (χ0v) is 6.92. The van der Waals surface area contributed by atoms with Crippen molar-refractivity contribution in [2.45, 2.75) is 25.4 Å². The third kappa shape index (κ3) is 1.05. The number of aliphatic hydroxyl groups is 1. The normalized spacial score (nSPS) is 40.3. The molecule has 66 valence electrons. The van der Waals surface area contributed by atoms with Crippen LogP contribution in [-0.2, 0) is 0 Å². The quantitative estimate of drug-likeness (QED) is 0.578. The minimum atomic E-state index is -0.362. The van der Waals surface area contributed by atoms with Crippen molar-refractivity contribution in [2.24, 2.45) is 5.92 Å². The Balaban J connectivity index is 2.27. The molecule has 3 unspecified atom stereocenters. The summed E-state index contributed by atoms with van der Waals surface area (Å²) in [4.78, 5) is 0. The maximum absolute atomic E-state index is 13.2. The second-order valence-corrected chi connectivity index (χ2v) is 3.53. The van der Waals surface area contributed by atoms with E-state index in [0.29, 0.717) is 6.04 Å². The molecule has 0 aromatic rings. The van der Waals surface area contributed by atoms with Gasteiger partial charge in [-0.05, 0) is 19.4 Å². The summed E-state index contributed by atoms with van der Waals surface area (Å²) in [5.41, 5.74) is 0. The van der Waals surface area contributed by atoms with Gasteiger partial charge in [0.2, 0.25) is 0 Å². The standard InChI is InChI=1S/C9H12FNO/c1-5-4-6-7(11-5)2-3-8(12)9(6)10/h2-3,5-7,11-12H,4H2,1H3. The number of halogens is 1. The van der Waals surface area contributed by atoms with Crippen molar-refractivity contribution in [3.8, 4) is 0 Å². The Bertz CT molecular complexity index is 259. The van der Waals surface area contributed by atoms with Gasteiger partial charge in [0.25, 0.3) is 0 Å². The Morgan fingerprint density at radius 2 is 2.42 bits per heavy atom. The monoisotopic (exact) mass is 169 g/mol. The van der Waals surface area contributed by atoms with Gasteiger partial charge in [0.15, 0.2) is 0 Å². The maximum atomic E-state index is 13.2. The van der Waals surface area contributed by atoms with Crippen LogP contribution in [0, 0.1) is 5.92 Å². The molecule has 3 heteroatoms. The molecule has 2 rings (SSSR count). The highest BCUT2D eigenvalue weighted by Gasteiger charge is 2.36. The van der Waals surface area contributed by atoms with E-state index in [2.05, 4.69) is 5.32 Å². The Labute approximate surface area is 70.8 Å². The fraction of sp³-hybridized carbons (Fsp3) is 0.556. The summed E-state index contributed by atoms with van der Waals surface area (Å²) < 4.78 is 13.2. The number of fused-ring (bicyclic) bond motifs is 1. The van der Waals surface area contributed by atoms with E-state index >= 15 is 0 Å². The first-order valence-electron chi connectivity index (χ1n) is 4.21. The Kier molecular flexibility index (Phi) is 1.68. The zero-order valence-electron chi connectivity index (χ0n) is 6.92. The predicted molar refractivity (Wildman–Crippen MR) is 44.4 cm³/mol. The summed E-state index contributed by atoms with van der Waals surface area (Å²) in [6, 6.07) is 0.414. The van der Waals surface area contributed by atoms with Gasteiger partial charge in [-0.15, -0.1) is 0 Å². The lowest BCUT2D eigenvalue weighted by Gasteiger charge is -2.18. The first-order valence-corrected chi connectivity index (χ1v) is 4.21. The SMILES string of the molecule is CC1CC2C(F)=C(O)C=CC2N1. The van der Waals surface area contributed by atoms with Crippen molar-refractivity contribution in [1.29, 1.82) is 0 Å². The third-order valence-corrected chi connectivity index (χ3v) is 2.55. The molecule has 1 heterocycles. The molecule has 0 amide bonds. The van der Waals surface area contributed by atoms with Crippen molar-refractivity contribution in [2.75, 3.05) is 0 Å². The summed E-state index contributed by atoms with van der Waals surface area (Å²) in [5.74, 6) is -0.712. The van der Waals surface area contributed by atoms with E-state index in [1.807, 2.05) is 13.0 Å². The molecule has 2 N–H and O–H groups in total. The van der Waals surface area contributed by atoms with E-state index in [0.717, 1.165) is 6.42 Å². The van der Waals surface area contributed by atoms with Crippen molar-refractivity contribution >= 4 is 0 Å². The lowest BCUT2D eigenvalue weighted by Crippen LogP contribution is -2.29. The minimum absolute atomic E-state index is 0.0795. The van der Waals surface area contributed by atoms with Crippen LogP contribution in [0.2, 0.25) is 0 Å². The third-order valence-electron chi connectivity index (χ3n) is 2.55. The van der Waals surface area contributed by atoms with Gasteiger partial charge < -0.3 is 10.4 Å². The highest BCUT2D eigenvalue weighted by Crippen LogP contribution is 2.33. The van der Waals surface area contributed by atoms with E-state index < -0.39 is 0 Å². The van der Waals surface area contributed by atoms with Crippen LogP contribution >= 0.6 is 0 Å². The predicted octanol–water partition coefficient (Wildman–Crippen LogP) is 1.66. The summed E-state index contributed by atoms with van der Waals surface area (Å²) in [6.07, 6.45) is 4.03. The Morgan fingerprint density at radius 1 is 1.67 bits per heavy atom. The summed E-state index contributed by atoms with van der Waals surface area (Å²) >= 11 is 0. The molecule has 1 aliphatic carbocycles. The van der Waals surface area contributed by atoms with Crippen LogP contribution in [0.15, 0.2) is 23.7 Å². The van der Waals surface area contributed by atoms with Gasteiger partial charge in [-0.1, -0.05) is 6.08 Å². The van der Waals surface area contributed by atoms with Crippen molar-refractivity contribution in [3.63, 3.8) is 0 Å². The summed E-state index contributed by atoms with van der Waals surface area (Å²) in [5, 5.41) is 12.3. The molecule has 0 bridgehead atoms. The molecule has 1 fully saturated rings. The van der Waals surface area contributed by atoms with Crippen LogP contribution in [0.25, 0.3) is 0 Å². The zero-order chi connectivity index (χ0) is 8.72. The lowest BCUT2D eigenvalue weighted by atomic mass is 9.93. The molecule has 0 aromatic heterocycles. The number of allylic oxidation sites excluding steroid dienone is 1. The summed E-state index contributed by atoms with van der Waals surface area (Å²) in [7, 11) is 0. The second-order valence-electron chi connectivity index (χ2n) is 3.53. The van der Waals surface area contributed by atoms with Gasteiger partial charge >= 0.3 is 0 Å². The van der Waals surface area contributed by atoms with Crippen LogP contribution in [0.5, 0.6) is 0 Å². The van der Waals surface area contributed by atoms with Crippen LogP contribution in [0.4, 0.5) is 4.39 Å². The van der Waals surface area contributed by atoms with E-state index in [1.54, 1.807) is 0 Å². The number of hydrogen-bond acceptors (Lipinski definition) is 2. The second kappa shape index (κ2) is 2.59. The van der Waals surface area contributed by atoms with Gasteiger partial charge in [0, 0.05) is 18.0 Å². The highest BCUT2D eigenvalue weighted by molar-refractivity contribution is 5.28. The van der Waals surface area contributed by atoms with Crippen LogP contribution in [-0.4, -0.2) is 17.2 Å². The molecule has 0 aromatic carbocycles. The van der Waals surface area contributed by atoms with Crippen molar-refractivity contribution in [3.05, 3.63) is 23.7 Å². The fourth-order valence-corrected chi connectivity index (χ4v) is 1.96. The van der Waals surface area contributed by atoms with Crippen molar-refractivity contribution < 1.29 is 9.50 Å². The van der Waals surface area contributed by atoms with Crippen LogP contribution in [0.3, 0.4) is 0 Å². The van der Waals surface area contributed by atoms with Gasteiger partial charge in [0.05, 0.1) is 0 Å². The average molecular weight is 169 g/mol. The molecule has 3 atom stereocenters. The molecule has 2 aliphatic rings. The molecular formula is C9H12FNO. The Morgan fingerprint density at radius 3 is 3.17 bits per heavy atom. The molecular weight excluding hydrogens is 157 g/mol. The van der Waals surface area contributed by atoms with Crippen molar-refractivity contribution in [1.82, 2.24) is 5.32 Å². The van der Waals surface area contributed by atoms with E-state index in [4.69, 9.17) is 5.11 Å². The molecule has 2 nitrogen and oxygen atoms in total. The van der Waals surface area contributed by atoms with Crippen LogP contribution in [0.1, 0.15) is 13.3 Å². The number of hydrogen-bond donors (Lipinski definition) is 2. The average Bonchev–Trinajstić information content (AvgIpc) is 2.39. The smallest absolute Gasteiger partial charge is 0.147 e. The molecule has 1 aliphatic heterocycles. The van der Waals surface area contributed by atoms with Gasteiger partial charge in [-0.25, -0.2) is 4.39 Å². The van der Waals surface area contributed by atoms with E-state index in [9.17, 15) is 4.39 Å². The van der Waals surface area contributed by atoms with Gasteiger partial charge in [-0.2, -0.15) is 0 Å². The van der Waals surface area contributed by atoms with E-state index in [-0.39, 0.29) is 23.5 Å². The molecule has 0 spiro atoms. The number of aliphatic hydroxyl groups excluding tert-OH is 1. The van der Waals surface area contributed by atoms with Crippen LogP contribution < -0.4 is 5.32 Å². The first-order chi connectivity index (χ1) is 5.68. The highest BCUT2D eigenvalue weighted by atomic mass is 19.1. The van der Waals surface area contributed by atoms with Gasteiger partial charge in [-0.3, -0.25) is 0 Å². The Hall–Kier alpha value is -0.830. The minimum Gasteiger partial charge on any atom is -0.505 e. The number of rotatable bonds is 0. The largest absolute Gasteiger partial charge is 0.505 e. The lowest BCUT2D eigenvalue weighted by molar-refractivity contribution is 0.348. The molecule has 0 radical (unpaired) electrons. The molecule has 0 saturated carbocycles. The number of nitrogens with one attached hydrogen (secondary N) is 1. The molecule has 12 heavy (non-hydrogen) atoms. The van der Waals surface area contributed by atoms with Gasteiger partial charge in [0.1, 0.15) is 11.6 Å². The molecule has 1 saturated heterocycles. The maximum Gasteiger partial charge on any atom is 0.147 e. The first kappa shape index (κ1) is 7.80.